The van der Waals surface area contributed by atoms with E-state index in [0.717, 1.165) is 19.3 Å². The van der Waals surface area contributed by atoms with Crippen LogP contribution in [-0.4, -0.2) is 11.8 Å². The summed E-state index contributed by atoms with van der Waals surface area (Å²) in [5.74, 6) is -13.6. The fraction of sp³-hybridized carbons (Fsp3) is 0.833. The number of rotatable bonds is 9. The van der Waals surface area contributed by atoms with Crippen LogP contribution in [0.2, 0.25) is 0 Å². The van der Waals surface area contributed by atoms with Crippen LogP contribution in [-0.2, 0) is 0 Å². The molecule has 0 nitrogen and oxygen atoms in total. The maximum Gasteiger partial charge on any atom is 0.366 e. The predicted molar refractivity (Wildman–Crippen MR) is 58.2 cm³/mol. The number of alkyl halides is 4. The molecule has 0 fully saturated rings. The molecule has 7 heteroatoms. The standard InChI is InChI=1S/C12H17F7/c1-2-3-4-5-6-7-8-11(16,17)12(18,19)9(13)10(14)15/h2-8H2,1H3. The minimum absolute atomic E-state index is 0.256. The fourth-order valence-electron chi connectivity index (χ4n) is 1.56. The lowest BCUT2D eigenvalue weighted by molar-refractivity contribution is -0.200. The molecule has 0 aromatic heterocycles. The van der Waals surface area contributed by atoms with Gasteiger partial charge < -0.3 is 0 Å². The van der Waals surface area contributed by atoms with Gasteiger partial charge in [0.2, 0.25) is 5.83 Å². The van der Waals surface area contributed by atoms with E-state index in [1.807, 2.05) is 6.92 Å². The average molecular weight is 294 g/mol. The van der Waals surface area contributed by atoms with E-state index in [2.05, 4.69) is 0 Å². The molecule has 0 amide bonds. The van der Waals surface area contributed by atoms with E-state index in [9.17, 15) is 30.7 Å². The zero-order valence-electron chi connectivity index (χ0n) is 10.6. The van der Waals surface area contributed by atoms with Gasteiger partial charge in [0.25, 0.3) is 0 Å². The quantitative estimate of drug-likeness (QED) is 0.357. The molecule has 0 aliphatic carbocycles. The number of halogens is 7. The number of allylic oxidation sites excluding steroid dienone is 1. The summed E-state index contributed by atoms with van der Waals surface area (Å²) in [4.78, 5) is 0. The molecule has 0 heterocycles. The maximum atomic E-state index is 13.0. The van der Waals surface area contributed by atoms with Gasteiger partial charge in [0, 0.05) is 6.42 Å². The van der Waals surface area contributed by atoms with Crippen LogP contribution >= 0.6 is 0 Å². The number of hydrogen-bond acceptors (Lipinski definition) is 0. The van der Waals surface area contributed by atoms with Crippen LogP contribution in [0.4, 0.5) is 30.7 Å². The molecular formula is C12H17F7. The van der Waals surface area contributed by atoms with E-state index < -0.39 is 30.2 Å². The Balaban J connectivity index is 4.34. The first-order valence-corrected chi connectivity index (χ1v) is 6.13. The van der Waals surface area contributed by atoms with Crippen molar-refractivity contribution in [2.24, 2.45) is 0 Å². The molecule has 0 N–H and O–H groups in total. The van der Waals surface area contributed by atoms with Gasteiger partial charge in [0.05, 0.1) is 0 Å². The minimum atomic E-state index is -5.45. The Hall–Kier alpha value is -0.750. The molecule has 0 rings (SSSR count). The Morgan fingerprint density at radius 1 is 0.789 bits per heavy atom. The van der Waals surface area contributed by atoms with Crippen LogP contribution in [0.3, 0.4) is 0 Å². The SMILES string of the molecule is CCCCCCCCC(F)(F)C(F)(F)C(F)=C(F)F. The third kappa shape index (κ3) is 5.40. The second-order valence-corrected chi connectivity index (χ2v) is 4.37. The lowest BCUT2D eigenvalue weighted by Gasteiger charge is -2.24. The van der Waals surface area contributed by atoms with Gasteiger partial charge in [-0.05, 0) is 6.42 Å². The van der Waals surface area contributed by atoms with E-state index >= 15 is 0 Å². The van der Waals surface area contributed by atoms with Crippen molar-refractivity contribution in [2.75, 3.05) is 0 Å². The van der Waals surface area contributed by atoms with E-state index in [0.29, 0.717) is 6.42 Å². The second kappa shape index (κ2) is 7.75. The van der Waals surface area contributed by atoms with Crippen LogP contribution in [0.25, 0.3) is 0 Å². The fourth-order valence-corrected chi connectivity index (χ4v) is 1.56. The smallest absolute Gasteiger partial charge is 0.199 e. The third-order valence-electron chi connectivity index (χ3n) is 2.75. The first-order valence-electron chi connectivity index (χ1n) is 6.13. The molecule has 0 radical (unpaired) electrons. The molecule has 114 valence electrons. The lowest BCUT2D eigenvalue weighted by atomic mass is 10.0. The Kier molecular flexibility index (Phi) is 7.44. The molecule has 0 unspecified atom stereocenters. The predicted octanol–water partition coefficient (Wildman–Crippen LogP) is 6.09. The van der Waals surface area contributed by atoms with E-state index in [-0.39, 0.29) is 12.8 Å². The lowest BCUT2D eigenvalue weighted by Crippen LogP contribution is -2.41. The highest BCUT2D eigenvalue weighted by atomic mass is 19.3. The van der Waals surface area contributed by atoms with Gasteiger partial charge in [-0.15, -0.1) is 0 Å². The molecular weight excluding hydrogens is 277 g/mol. The summed E-state index contributed by atoms with van der Waals surface area (Å²) in [6.45, 7) is 1.95. The van der Waals surface area contributed by atoms with E-state index in [1.165, 1.54) is 0 Å². The highest BCUT2D eigenvalue weighted by Crippen LogP contribution is 2.45. The Morgan fingerprint density at radius 3 is 1.74 bits per heavy atom. The minimum Gasteiger partial charge on any atom is -0.199 e. The monoisotopic (exact) mass is 294 g/mol. The molecule has 19 heavy (non-hydrogen) atoms. The highest BCUT2D eigenvalue weighted by molar-refractivity contribution is 5.10. The van der Waals surface area contributed by atoms with Crippen molar-refractivity contribution in [1.29, 1.82) is 0 Å². The van der Waals surface area contributed by atoms with E-state index in [4.69, 9.17) is 0 Å². The Bertz CT molecular complexity index is 292. The first-order chi connectivity index (χ1) is 8.66. The highest BCUT2D eigenvalue weighted by Gasteiger charge is 2.60. The molecule has 0 saturated carbocycles. The van der Waals surface area contributed by atoms with Gasteiger partial charge >= 0.3 is 17.9 Å². The van der Waals surface area contributed by atoms with Crippen molar-refractivity contribution in [2.45, 2.75) is 63.7 Å². The van der Waals surface area contributed by atoms with Crippen molar-refractivity contribution >= 4 is 0 Å². The Morgan fingerprint density at radius 2 is 1.26 bits per heavy atom. The third-order valence-corrected chi connectivity index (χ3v) is 2.75. The molecule has 0 aromatic rings. The van der Waals surface area contributed by atoms with Gasteiger partial charge in [-0.2, -0.15) is 30.7 Å². The number of hydrogen-bond donors (Lipinski definition) is 0. The van der Waals surface area contributed by atoms with Gasteiger partial charge in [-0.3, -0.25) is 0 Å². The van der Waals surface area contributed by atoms with Crippen molar-refractivity contribution in [1.82, 2.24) is 0 Å². The Labute approximate surface area is 107 Å². The molecule has 0 saturated heterocycles. The molecule has 0 atom stereocenters. The summed E-state index contributed by atoms with van der Waals surface area (Å²) < 4.78 is 87.4. The van der Waals surface area contributed by atoms with Crippen molar-refractivity contribution < 1.29 is 30.7 Å². The normalized spacial score (nSPS) is 12.6. The number of unbranched alkanes of at least 4 members (excludes halogenated alkanes) is 5. The van der Waals surface area contributed by atoms with Crippen molar-refractivity contribution in [3.05, 3.63) is 11.9 Å². The van der Waals surface area contributed by atoms with E-state index in [1.54, 1.807) is 0 Å². The summed E-state index contributed by atoms with van der Waals surface area (Å²) in [5.41, 5.74) is 0. The average Bonchev–Trinajstić information content (AvgIpc) is 2.32. The van der Waals surface area contributed by atoms with Crippen LogP contribution in [0, 0.1) is 0 Å². The van der Waals surface area contributed by atoms with Gasteiger partial charge in [-0.25, -0.2) is 0 Å². The first kappa shape index (κ1) is 18.2. The molecule has 0 aliphatic heterocycles. The largest absolute Gasteiger partial charge is 0.366 e. The van der Waals surface area contributed by atoms with Gasteiger partial charge in [-0.1, -0.05) is 39.0 Å². The van der Waals surface area contributed by atoms with Crippen LogP contribution in [0.1, 0.15) is 51.9 Å². The maximum absolute atomic E-state index is 13.0. The summed E-state index contributed by atoms with van der Waals surface area (Å²) in [6, 6.07) is 0. The molecule has 0 bridgehead atoms. The van der Waals surface area contributed by atoms with Crippen molar-refractivity contribution in [3.63, 3.8) is 0 Å². The van der Waals surface area contributed by atoms with Crippen LogP contribution < -0.4 is 0 Å². The van der Waals surface area contributed by atoms with Crippen LogP contribution in [0.5, 0.6) is 0 Å². The van der Waals surface area contributed by atoms with Crippen molar-refractivity contribution in [3.8, 4) is 0 Å². The zero-order chi connectivity index (χ0) is 15.1. The topological polar surface area (TPSA) is 0 Å². The molecule has 0 aromatic carbocycles. The van der Waals surface area contributed by atoms with Crippen LogP contribution in [0.15, 0.2) is 11.9 Å². The molecule has 0 spiro atoms. The summed E-state index contributed by atoms with van der Waals surface area (Å²) in [5, 5.41) is 0. The van der Waals surface area contributed by atoms with Gasteiger partial charge in [0.15, 0.2) is 0 Å². The molecule has 0 aliphatic rings. The van der Waals surface area contributed by atoms with Gasteiger partial charge in [0.1, 0.15) is 0 Å². The summed E-state index contributed by atoms with van der Waals surface area (Å²) in [7, 11) is 0. The second-order valence-electron chi connectivity index (χ2n) is 4.37. The zero-order valence-corrected chi connectivity index (χ0v) is 10.6. The summed E-state index contributed by atoms with van der Waals surface area (Å²) >= 11 is 0. The summed E-state index contributed by atoms with van der Waals surface area (Å²) in [6.07, 6.45) is -1.43.